The molecule has 1 fully saturated rings. The summed E-state index contributed by atoms with van der Waals surface area (Å²) in [4.78, 5) is 35.6. The molecule has 1 aromatic heterocycles. The Morgan fingerprint density at radius 3 is 2.45 bits per heavy atom. The van der Waals surface area contributed by atoms with E-state index in [0.717, 1.165) is 23.1 Å². The first kappa shape index (κ1) is 22.3. The van der Waals surface area contributed by atoms with Gasteiger partial charge in [-0.3, -0.25) is 14.4 Å². The van der Waals surface area contributed by atoms with Crippen molar-refractivity contribution in [2.24, 2.45) is 11.8 Å². The number of aliphatic carboxylic acids is 1. The summed E-state index contributed by atoms with van der Waals surface area (Å²) in [6.45, 7) is 0.278. The van der Waals surface area contributed by atoms with Crippen LogP contribution in [0.3, 0.4) is 0 Å². The standard InChI is InChI=1S/C22H27N3O6/c1-30-18-9-7-16(11-19(18)31-2)17-8-10-21(27)25(24-17)13-20(26)23-12-14-3-5-15(6-4-14)22(28)29/h7-11,14-15H,3-6,12-13H2,1-2H3,(H,23,26)(H,28,29). The third-order valence-corrected chi connectivity index (χ3v) is 5.62. The van der Waals surface area contributed by atoms with Gasteiger partial charge in [0.2, 0.25) is 5.91 Å². The highest BCUT2D eigenvalue weighted by Gasteiger charge is 2.26. The number of carboxylic acid groups (broad SMARTS) is 1. The number of nitrogens with one attached hydrogen (secondary N) is 1. The zero-order chi connectivity index (χ0) is 22.4. The lowest BCUT2D eigenvalue weighted by Gasteiger charge is -2.26. The van der Waals surface area contributed by atoms with Gasteiger partial charge in [0.05, 0.1) is 25.8 Å². The Bertz CT molecular complexity index is 995. The fourth-order valence-electron chi connectivity index (χ4n) is 3.78. The van der Waals surface area contributed by atoms with Crippen LogP contribution in [0.15, 0.2) is 35.1 Å². The first-order valence-corrected chi connectivity index (χ1v) is 10.2. The second-order valence-corrected chi connectivity index (χ2v) is 7.64. The first-order chi connectivity index (χ1) is 14.9. The molecule has 9 heteroatoms. The van der Waals surface area contributed by atoms with E-state index in [2.05, 4.69) is 10.4 Å². The molecule has 166 valence electrons. The van der Waals surface area contributed by atoms with Gasteiger partial charge in [-0.15, -0.1) is 0 Å². The second-order valence-electron chi connectivity index (χ2n) is 7.64. The number of rotatable bonds is 8. The molecule has 0 radical (unpaired) electrons. The molecular weight excluding hydrogens is 402 g/mol. The molecule has 1 aliphatic carbocycles. The van der Waals surface area contributed by atoms with Crippen LogP contribution < -0.4 is 20.3 Å². The zero-order valence-electron chi connectivity index (χ0n) is 17.7. The van der Waals surface area contributed by atoms with Crippen molar-refractivity contribution in [2.45, 2.75) is 32.2 Å². The summed E-state index contributed by atoms with van der Waals surface area (Å²) in [5, 5.41) is 16.2. The number of benzene rings is 1. The predicted octanol–water partition coefficient (Wildman–Crippen LogP) is 1.93. The molecule has 0 atom stereocenters. The fourth-order valence-corrected chi connectivity index (χ4v) is 3.78. The molecule has 1 heterocycles. The van der Waals surface area contributed by atoms with Crippen LogP contribution in [0.1, 0.15) is 25.7 Å². The molecule has 1 aliphatic rings. The van der Waals surface area contributed by atoms with Crippen molar-refractivity contribution in [2.75, 3.05) is 20.8 Å². The lowest BCUT2D eigenvalue weighted by Crippen LogP contribution is -2.37. The van der Waals surface area contributed by atoms with Crippen LogP contribution in [0.2, 0.25) is 0 Å². The third kappa shape index (κ3) is 5.62. The van der Waals surface area contributed by atoms with E-state index < -0.39 is 5.97 Å². The van der Waals surface area contributed by atoms with Crippen LogP contribution >= 0.6 is 0 Å². The van der Waals surface area contributed by atoms with Crippen molar-refractivity contribution >= 4 is 11.9 Å². The fraction of sp³-hybridized carbons (Fsp3) is 0.455. The number of carbonyl (C=O) groups excluding carboxylic acids is 1. The van der Waals surface area contributed by atoms with Gasteiger partial charge in [0.25, 0.3) is 5.56 Å². The van der Waals surface area contributed by atoms with Crippen LogP contribution in [0.4, 0.5) is 0 Å². The quantitative estimate of drug-likeness (QED) is 0.658. The number of amides is 1. The summed E-state index contributed by atoms with van der Waals surface area (Å²) >= 11 is 0. The van der Waals surface area contributed by atoms with Gasteiger partial charge in [-0.1, -0.05) is 0 Å². The van der Waals surface area contributed by atoms with E-state index in [0.29, 0.717) is 36.6 Å². The van der Waals surface area contributed by atoms with Gasteiger partial charge in [-0.05, 0) is 55.9 Å². The Hall–Kier alpha value is -3.36. The Morgan fingerprint density at radius 2 is 1.81 bits per heavy atom. The molecule has 0 spiro atoms. The predicted molar refractivity (Wildman–Crippen MR) is 113 cm³/mol. The molecule has 1 amide bonds. The van der Waals surface area contributed by atoms with Gasteiger partial charge < -0.3 is 19.9 Å². The number of nitrogens with zero attached hydrogens (tertiary/aromatic N) is 2. The van der Waals surface area contributed by atoms with E-state index in [1.54, 1.807) is 31.4 Å². The Kier molecular flexibility index (Phi) is 7.28. The Balaban J connectivity index is 1.62. The number of hydrogen-bond donors (Lipinski definition) is 2. The average Bonchev–Trinajstić information content (AvgIpc) is 2.79. The highest BCUT2D eigenvalue weighted by molar-refractivity contribution is 5.75. The molecule has 0 saturated heterocycles. The first-order valence-electron chi connectivity index (χ1n) is 10.2. The van der Waals surface area contributed by atoms with Crippen molar-refractivity contribution in [3.63, 3.8) is 0 Å². The minimum absolute atomic E-state index is 0.190. The van der Waals surface area contributed by atoms with Gasteiger partial charge in [-0.25, -0.2) is 4.68 Å². The van der Waals surface area contributed by atoms with Crippen molar-refractivity contribution in [3.05, 3.63) is 40.7 Å². The van der Waals surface area contributed by atoms with Crippen molar-refractivity contribution in [1.82, 2.24) is 15.1 Å². The van der Waals surface area contributed by atoms with Crippen LogP contribution in [0, 0.1) is 11.8 Å². The second kappa shape index (κ2) is 10.1. The van der Waals surface area contributed by atoms with Gasteiger partial charge in [-0.2, -0.15) is 5.10 Å². The summed E-state index contributed by atoms with van der Waals surface area (Å²) < 4.78 is 11.7. The number of carbonyl (C=O) groups is 2. The monoisotopic (exact) mass is 429 g/mol. The molecule has 1 saturated carbocycles. The molecule has 2 aromatic rings. The van der Waals surface area contributed by atoms with Crippen LogP contribution in [-0.4, -0.2) is 47.5 Å². The number of carboxylic acids is 1. The summed E-state index contributed by atoms with van der Waals surface area (Å²) in [6, 6.07) is 8.27. The topological polar surface area (TPSA) is 120 Å². The van der Waals surface area contributed by atoms with Crippen molar-refractivity contribution < 1.29 is 24.2 Å². The maximum atomic E-state index is 12.4. The summed E-state index contributed by atoms with van der Waals surface area (Å²) in [5.41, 5.74) is 0.878. The molecule has 3 rings (SSSR count). The van der Waals surface area contributed by atoms with E-state index >= 15 is 0 Å². The van der Waals surface area contributed by atoms with Gasteiger partial charge >= 0.3 is 5.97 Å². The Labute approximate surface area is 180 Å². The number of hydrogen-bond acceptors (Lipinski definition) is 6. The lowest BCUT2D eigenvalue weighted by molar-refractivity contribution is -0.143. The van der Waals surface area contributed by atoms with E-state index in [1.807, 2.05) is 0 Å². The SMILES string of the molecule is COc1ccc(-c2ccc(=O)n(CC(=O)NCC3CCC(C(=O)O)CC3)n2)cc1OC. The minimum Gasteiger partial charge on any atom is -0.493 e. The highest BCUT2D eigenvalue weighted by Crippen LogP contribution is 2.31. The highest BCUT2D eigenvalue weighted by atomic mass is 16.5. The van der Waals surface area contributed by atoms with E-state index in [-0.39, 0.29) is 29.8 Å². The summed E-state index contributed by atoms with van der Waals surface area (Å²) in [6.07, 6.45) is 2.79. The number of ether oxygens (including phenoxy) is 2. The van der Waals surface area contributed by atoms with Gasteiger partial charge in [0.15, 0.2) is 11.5 Å². The maximum Gasteiger partial charge on any atom is 0.306 e. The van der Waals surface area contributed by atoms with Crippen molar-refractivity contribution in [3.8, 4) is 22.8 Å². The lowest BCUT2D eigenvalue weighted by atomic mass is 9.82. The van der Waals surface area contributed by atoms with Gasteiger partial charge in [0, 0.05) is 18.2 Å². The van der Waals surface area contributed by atoms with Gasteiger partial charge in [0.1, 0.15) is 6.54 Å². The normalized spacial score (nSPS) is 18.3. The Morgan fingerprint density at radius 1 is 1.10 bits per heavy atom. The smallest absolute Gasteiger partial charge is 0.306 e. The largest absolute Gasteiger partial charge is 0.493 e. The number of methoxy groups -OCH3 is 2. The molecule has 0 aliphatic heterocycles. The van der Waals surface area contributed by atoms with E-state index in [4.69, 9.17) is 14.6 Å². The molecular formula is C22H27N3O6. The molecule has 0 bridgehead atoms. The van der Waals surface area contributed by atoms with Crippen LogP contribution in [0.25, 0.3) is 11.3 Å². The van der Waals surface area contributed by atoms with Crippen LogP contribution in [-0.2, 0) is 16.1 Å². The zero-order valence-corrected chi connectivity index (χ0v) is 17.7. The maximum absolute atomic E-state index is 12.4. The van der Waals surface area contributed by atoms with E-state index in [1.165, 1.54) is 13.2 Å². The molecule has 31 heavy (non-hydrogen) atoms. The molecule has 1 aromatic carbocycles. The van der Waals surface area contributed by atoms with E-state index in [9.17, 15) is 14.4 Å². The molecule has 0 unspecified atom stereocenters. The molecule has 2 N–H and O–H groups in total. The summed E-state index contributed by atoms with van der Waals surface area (Å²) in [7, 11) is 3.08. The van der Waals surface area contributed by atoms with Crippen molar-refractivity contribution in [1.29, 1.82) is 0 Å². The van der Waals surface area contributed by atoms with Crippen LogP contribution in [0.5, 0.6) is 11.5 Å². The average molecular weight is 429 g/mol. The number of aromatic nitrogens is 2. The summed E-state index contributed by atoms with van der Waals surface area (Å²) in [5.74, 6) is 0.0318. The third-order valence-electron chi connectivity index (χ3n) is 5.62. The molecule has 9 nitrogen and oxygen atoms in total. The minimum atomic E-state index is -0.748.